The zero-order chi connectivity index (χ0) is 19.5. The number of fused-ring (bicyclic) bond motifs is 1. The molecule has 2 aromatic heterocycles. The van der Waals surface area contributed by atoms with Crippen LogP contribution < -0.4 is 16.4 Å². The maximum absolute atomic E-state index is 11.8. The summed E-state index contributed by atoms with van der Waals surface area (Å²) in [6.07, 6.45) is 10.8. The zero-order valence-corrected chi connectivity index (χ0v) is 16.3. The maximum Gasteiger partial charge on any atom is 0.254 e. The average Bonchev–Trinajstić information content (AvgIpc) is 2.68. The predicted molar refractivity (Wildman–Crippen MR) is 109 cm³/mol. The molecule has 2 heterocycles. The summed E-state index contributed by atoms with van der Waals surface area (Å²) < 4.78 is 0. The highest BCUT2D eigenvalue weighted by molar-refractivity contribution is 5.97. The lowest BCUT2D eigenvalue weighted by atomic mass is 9.87. The predicted octanol–water partition coefficient (Wildman–Crippen LogP) is 2.93. The number of anilines is 2. The van der Waals surface area contributed by atoms with Crippen molar-refractivity contribution in [1.82, 2.24) is 15.0 Å². The van der Waals surface area contributed by atoms with Gasteiger partial charge in [0.25, 0.3) is 5.91 Å². The van der Waals surface area contributed by atoms with E-state index in [2.05, 4.69) is 38.6 Å². The van der Waals surface area contributed by atoms with Crippen LogP contribution in [0.1, 0.15) is 60.6 Å². The molecule has 0 aliphatic heterocycles. The van der Waals surface area contributed by atoms with Crippen molar-refractivity contribution in [2.24, 2.45) is 11.7 Å². The number of pyridine rings is 1. The number of carbonyl (C=O) groups excluding carboxylic acids is 1. The average molecular weight is 380 g/mol. The molecule has 4 rings (SSSR count). The van der Waals surface area contributed by atoms with E-state index in [9.17, 15) is 4.79 Å². The van der Waals surface area contributed by atoms with Crippen LogP contribution in [0.3, 0.4) is 0 Å². The fourth-order valence-electron chi connectivity index (χ4n) is 4.37. The maximum atomic E-state index is 11.8. The fraction of sp³-hybridized carbons (Fsp3) is 0.524. The Morgan fingerprint density at radius 3 is 2.89 bits per heavy atom. The van der Waals surface area contributed by atoms with E-state index >= 15 is 0 Å². The molecule has 1 amide bonds. The van der Waals surface area contributed by atoms with Crippen LogP contribution in [0, 0.1) is 5.92 Å². The summed E-state index contributed by atoms with van der Waals surface area (Å²) in [7, 11) is 0. The van der Waals surface area contributed by atoms with Gasteiger partial charge in [-0.25, -0.2) is 4.98 Å². The van der Waals surface area contributed by atoms with Gasteiger partial charge in [0.2, 0.25) is 5.95 Å². The smallest absolute Gasteiger partial charge is 0.254 e. The van der Waals surface area contributed by atoms with Crippen molar-refractivity contribution in [3.63, 3.8) is 0 Å². The minimum absolute atomic E-state index is 0.249. The van der Waals surface area contributed by atoms with Crippen LogP contribution in [0.5, 0.6) is 0 Å². The van der Waals surface area contributed by atoms with Gasteiger partial charge < -0.3 is 16.4 Å². The summed E-state index contributed by atoms with van der Waals surface area (Å²) in [5.74, 6) is 1.25. The summed E-state index contributed by atoms with van der Waals surface area (Å²) in [5, 5.41) is 6.88. The van der Waals surface area contributed by atoms with Gasteiger partial charge in [0.15, 0.2) is 0 Å². The van der Waals surface area contributed by atoms with E-state index in [0.717, 1.165) is 32.1 Å². The Labute approximate surface area is 165 Å². The molecule has 0 aromatic carbocycles. The van der Waals surface area contributed by atoms with Gasteiger partial charge in [-0.05, 0) is 49.7 Å². The van der Waals surface area contributed by atoms with Crippen LogP contribution in [0.4, 0.5) is 11.8 Å². The molecule has 1 fully saturated rings. The van der Waals surface area contributed by atoms with Crippen molar-refractivity contribution in [2.45, 2.75) is 64.0 Å². The molecular weight excluding hydrogens is 352 g/mol. The molecule has 0 radical (unpaired) electrons. The lowest BCUT2D eigenvalue weighted by molar-refractivity contribution is 0.100. The normalized spacial score (nSPS) is 24.2. The monoisotopic (exact) mass is 380 g/mol. The van der Waals surface area contributed by atoms with E-state index in [0.29, 0.717) is 29.3 Å². The van der Waals surface area contributed by atoms with Crippen molar-refractivity contribution in [1.29, 1.82) is 0 Å². The molecule has 4 N–H and O–H groups in total. The second-order valence-electron chi connectivity index (χ2n) is 8.13. The molecule has 2 aromatic rings. The van der Waals surface area contributed by atoms with Gasteiger partial charge in [-0.2, -0.15) is 4.98 Å². The summed E-state index contributed by atoms with van der Waals surface area (Å²) in [5.41, 5.74) is 8.35. The molecule has 3 atom stereocenters. The van der Waals surface area contributed by atoms with Gasteiger partial charge in [-0.3, -0.25) is 9.78 Å². The number of hydrogen-bond acceptors (Lipinski definition) is 6. The van der Waals surface area contributed by atoms with E-state index < -0.39 is 5.91 Å². The van der Waals surface area contributed by atoms with Crippen LogP contribution >= 0.6 is 0 Å². The molecule has 148 valence electrons. The third-order valence-corrected chi connectivity index (χ3v) is 5.85. The third kappa shape index (κ3) is 4.24. The number of carbonyl (C=O) groups is 1. The van der Waals surface area contributed by atoms with Gasteiger partial charge in [0.1, 0.15) is 5.82 Å². The Morgan fingerprint density at radius 1 is 1.18 bits per heavy atom. The Bertz CT molecular complexity index is 855. The number of hydrogen-bond donors (Lipinski definition) is 3. The Morgan fingerprint density at radius 2 is 2.07 bits per heavy atom. The lowest BCUT2D eigenvalue weighted by Gasteiger charge is -2.29. The van der Waals surface area contributed by atoms with Crippen molar-refractivity contribution in [3.05, 3.63) is 41.3 Å². The van der Waals surface area contributed by atoms with Crippen molar-refractivity contribution >= 4 is 17.7 Å². The molecule has 28 heavy (non-hydrogen) atoms. The molecule has 7 heteroatoms. The molecule has 2 aliphatic carbocycles. The van der Waals surface area contributed by atoms with Gasteiger partial charge in [-0.1, -0.05) is 25.8 Å². The largest absolute Gasteiger partial charge is 0.366 e. The van der Waals surface area contributed by atoms with Crippen LogP contribution in [0.2, 0.25) is 0 Å². The Hall–Kier alpha value is -2.70. The number of nitrogens with one attached hydrogen (secondary N) is 2. The van der Waals surface area contributed by atoms with E-state index in [1.807, 2.05) is 12.3 Å². The number of aromatic nitrogens is 3. The van der Waals surface area contributed by atoms with Gasteiger partial charge in [0, 0.05) is 30.2 Å². The first-order valence-electron chi connectivity index (χ1n) is 10.2. The van der Waals surface area contributed by atoms with Crippen LogP contribution in [0.15, 0.2) is 24.5 Å². The quantitative estimate of drug-likeness (QED) is 0.736. The minimum atomic E-state index is -0.504. The molecular formula is C21H28N6O. The SMILES string of the molecule is C[C@H]1CCC[C@@H](Nc2nc(N[C@@H]3CCc4ncccc4C3)ncc2C(N)=O)C1. The Kier molecular flexibility index (Phi) is 5.41. The number of rotatable bonds is 5. The Balaban J connectivity index is 1.49. The van der Waals surface area contributed by atoms with E-state index in [1.54, 1.807) is 0 Å². The molecule has 0 bridgehead atoms. The first kappa shape index (κ1) is 18.7. The lowest BCUT2D eigenvalue weighted by Crippen LogP contribution is -2.30. The van der Waals surface area contributed by atoms with Crippen LogP contribution in [0.25, 0.3) is 0 Å². The van der Waals surface area contributed by atoms with Gasteiger partial charge in [0.05, 0.1) is 5.56 Å². The molecule has 0 spiro atoms. The number of aryl methyl sites for hydroxylation is 1. The molecule has 1 saturated carbocycles. The summed E-state index contributed by atoms with van der Waals surface area (Å²) in [6, 6.07) is 4.67. The second-order valence-corrected chi connectivity index (χ2v) is 8.13. The van der Waals surface area contributed by atoms with Crippen LogP contribution in [-0.4, -0.2) is 32.9 Å². The standard InChI is InChI=1S/C21H28N6O/c1-13-4-2-6-15(10-13)25-20-17(19(22)28)12-24-21(27-20)26-16-7-8-18-14(11-16)5-3-9-23-18/h3,5,9,12-13,15-16H,2,4,6-8,10-11H2,1H3,(H2,22,28)(H2,24,25,26,27)/t13-,15+,16+/m0/s1. The summed E-state index contributed by atoms with van der Waals surface area (Å²) in [4.78, 5) is 25.3. The zero-order valence-electron chi connectivity index (χ0n) is 16.3. The topological polar surface area (TPSA) is 106 Å². The molecule has 0 unspecified atom stereocenters. The van der Waals surface area contributed by atoms with Gasteiger partial charge in [-0.15, -0.1) is 0 Å². The van der Waals surface area contributed by atoms with Crippen molar-refractivity contribution in [2.75, 3.05) is 10.6 Å². The van der Waals surface area contributed by atoms with Crippen molar-refractivity contribution in [3.8, 4) is 0 Å². The molecule has 2 aliphatic rings. The summed E-state index contributed by atoms with van der Waals surface area (Å²) >= 11 is 0. The highest BCUT2D eigenvalue weighted by Gasteiger charge is 2.23. The number of amides is 1. The van der Waals surface area contributed by atoms with E-state index in [1.165, 1.54) is 30.3 Å². The summed E-state index contributed by atoms with van der Waals surface area (Å²) in [6.45, 7) is 2.27. The van der Waals surface area contributed by atoms with Crippen molar-refractivity contribution < 1.29 is 4.79 Å². The van der Waals surface area contributed by atoms with E-state index in [4.69, 9.17) is 5.73 Å². The number of nitrogens with zero attached hydrogens (tertiary/aromatic N) is 3. The first-order chi connectivity index (χ1) is 13.6. The number of nitrogens with two attached hydrogens (primary N) is 1. The second kappa shape index (κ2) is 8.12. The molecule has 0 saturated heterocycles. The number of primary amides is 1. The van der Waals surface area contributed by atoms with Gasteiger partial charge >= 0.3 is 0 Å². The third-order valence-electron chi connectivity index (χ3n) is 5.85. The highest BCUT2D eigenvalue weighted by Crippen LogP contribution is 2.27. The first-order valence-corrected chi connectivity index (χ1v) is 10.2. The fourth-order valence-corrected chi connectivity index (χ4v) is 4.37. The molecule has 7 nitrogen and oxygen atoms in total. The highest BCUT2D eigenvalue weighted by atomic mass is 16.1. The minimum Gasteiger partial charge on any atom is -0.366 e. The van der Waals surface area contributed by atoms with E-state index in [-0.39, 0.29) is 6.04 Å². The van der Waals surface area contributed by atoms with Crippen LogP contribution in [-0.2, 0) is 12.8 Å².